The Morgan fingerprint density at radius 2 is 2.03 bits per heavy atom. The normalized spacial score (nSPS) is 28.5. The topological polar surface area (TPSA) is 111 Å². The Morgan fingerprint density at radius 1 is 1.22 bits per heavy atom. The summed E-state index contributed by atoms with van der Waals surface area (Å²) in [5, 5.41) is 4.69. The van der Waals surface area contributed by atoms with Crippen molar-refractivity contribution in [2.24, 2.45) is 17.6 Å². The maximum Gasteiger partial charge on any atom is 0.269 e. The second kappa shape index (κ2) is 7.60. The van der Waals surface area contributed by atoms with Crippen LogP contribution in [0.4, 0.5) is 8.78 Å². The Morgan fingerprint density at radius 3 is 2.78 bits per heavy atom. The Labute approximate surface area is 183 Å². The fourth-order valence-corrected chi connectivity index (χ4v) is 5.43. The molecule has 2 saturated carbocycles. The predicted octanol–water partition coefficient (Wildman–Crippen LogP) is 2.30. The van der Waals surface area contributed by atoms with E-state index in [1.165, 1.54) is 17.1 Å². The van der Waals surface area contributed by atoms with Gasteiger partial charge < -0.3 is 10.6 Å². The van der Waals surface area contributed by atoms with E-state index in [9.17, 15) is 23.2 Å². The molecule has 3 fully saturated rings. The van der Waals surface area contributed by atoms with Gasteiger partial charge in [-0.25, -0.2) is 8.78 Å². The zero-order chi connectivity index (χ0) is 22.6. The first-order valence-electron chi connectivity index (χ1n) is 11.1. The molecule has 3 aliphatic rings. The molecule has 0 radical (unpaired) electrons. The number of primary amides is 1. The van der Waals surface area contributed by atoms with Gasteiger partial charge in [0.15, 0.2) is 11.5 Å². The smallest absolute Gasteiger partial charge is 0.269 e. The molecule has 2 amide bonds. The van der Waals surface area contributed by atoms with E-state index in [1.54, 1.807) is 11.0 Å². The first-order valence-corrected chi connectivity index (χ1v) is 11.1. The lowest BCUT2D eigenvalue weighted by atomic mass is 9.81. The van der Waals surface area contributed by atoms with Crippen molar-refractivity contribution in [2.45, 2.75) is 69.5 Å². The van der Waals surface area contributed by atoms with Gasteiger partial charge in [-0.2, -0.15) is 5.10 Å². The number of pyridine rings is 1. The van der Waals surface area contributed by atoms with E-state index in [1.807, 2.05) is 0 Å². The summed E-state index contributed by atoms with van der Waals surface area (Å²) in [6.07, 6.45) is 5.52. The van der Waals surface area contributed by atoms with Crippen LogP contribution in [0.1, 0.15) is 55.4 Å². The molecule has 2 N–H and O–H groups in total. The number of amides is 2. The van der Waals surface area contributed by atoms with E-state index >= 15 is 0 Å². The van der Waals surface area contributed by atoms with E-state index < -0.39 is 23.8 Å². The van der Waals surface area contributed by atoms with Gasteiger partial charge in [0.05, 0.1) is 17.8 Å². The molecule has 2 aliphatic carbocycles. The van der Waals surface area contributed by atoms with Gasteiger partial charge in [-0.15, -0.1) is 0 Å². The molecule has 3 heterocycles. The Kier molecular flexibility index (Phi) is 4.98. The number of piperidine rings is 1. The van der Waals surface area contributed by atoms with Crippen LogP contribution in [-0.2, 0) is 16.1 Å². The Bertz CT molecular complexity index is 1100. The number of rotatable bonds is 6. The number of Topliss-reactive ketones (excluding diaryl/α,β-unsaturated/α-hetero) is 1. The minimum absolute atomic E-state index is 0.0288. The fourth-order valence-electron chi connectivity index (χ4n) is 5.43. The van der Waals surface area contributed by atoms with E-state index in [-0.39, 0.29) is 48.7 Å². The molecule has 10 heteroatoms. The van der Waals surface area contributed by atoms with Crippen LogP contribution < -0.4 is 5.73 Å². The number of alkyl halides is 2. The maximum atomic E-state index is 14.3. The van der Waals surface area contributed by atoms with Crippen LogP contribution in [0.3, 0.4) is 0 Å². The van der Waals surface area contributed by atoms with Gasteiger partial charge in [-0.3, -0.25) is 24.0 Å². The van der Waals surface area contributed by atoms with Gasteiger partial charge in [0, 0.05) is 36.4 Å². The average Bonchev–Trinajstić information content (AvgIpc) is 3.25. The lowest BCUT2D eigenvalue weighted by molar-refractivity contribution is -0.142. The highest BCUT2D eigenvalue weighted by molar-refractivity contribution is 6.04. The highest BCUT2D eigenvalue weighted by atomic mass is 19.3. The number of nitrogens with two attached hydrogens (primary N) is 1. The number of ketones is 1. The van der Waals surface area contributed by atoms with Crippen LogP contribution in [-0.4, -0.2) is 55.3 Å². The van der Waals surface area contributed by atoms with Gasteiger partial charge in [0.1, 0.15) is 6.54 Å². The summed E-state index contributed by atoms with van der Waals surface area (Å²) in [7, 11) is 0. The van der Waals surface area contributed by atoms with Crippen molar-refractivity contribution < 1.29 is 23.2 Å². The Hall–Kier alpha value is -2.91. The lowest BCUT2D eigenvalue weighted by Gasteiger charge is -2.33. The summed E-state index contributed by atoms with van der Waals surface area (Å²) in [5.41, 5.74) is 5.95. The molecule has 5 rings (SSSR count). The summed E-state index contributed by atoms with van der Waals surface area (Å²) in [6, 6.07) is 0.908. The summed E-state index contributed by atoms with van der Waals surface area (Å²) < 4.78 is 29.9. The van der Waals surface area contributed by atoms with Crippen molar-refractivity contribution in [3.8, 4) is 0 Å². The van der Waals surface area contributed by atoms with E-state index in [2.05, 4.69) is 10.1 Å². The zero-order valence-corrected chi connectivity index (χ0v) is 17.5. The molecule has 170 valence electrons. The highest BCUT2D eigenvalue weighted by Crippen LogP contribution is 2.49. The summed E-state index contributed by atoms with van der Waals surface area (Å²) in [4.78, 5) is 43.6. The van der Waals surface area contributed by atoms with Crippen LogP contribution >= 0.6 is 0 Å². The minimum atomic E-state index is -2.82. The second-order valence-corrected chi connectivity index (χ2v) is 9.25. The van der Waals surface area contributed by atoms with Gasteiger partial charge >= 0.3 is 0 Å². The largest absolute Gasteiger partial charge is 0.364 e. The van der Waals surface area contributed by atoms with Gasteiger partial charge in [-0.1, -0.05) is 6.42 Å². The van der Waals surface area contributed by atoms with Crippen molar-refractivity contribution in [1.29, 1.82) is 0 Å². The number of aromatic nitrogens is 3. The first-order chi connectivity index (χ1) is 15.3. The monoisotopic (exact) mass is 445 g/mol. The van der Waals surface area contributed by atoms with Crippen LogP contribution in [0.15, 0.2) is 18.5 Å². The van der Waals surface area contributed by atoms with Crippen LogP contribution in [0.25, 0.3) is 10.9 Å². The quantitative estimate of drug-likeness (QED) is 0.734. The fraction of sp³-hybridized carbons (Fsp3) is 0.591. The van der Waals surface area contributed by atoms with Gasteiger partial charge in [0.2, 0.25) is 5.91 Å². The molecule has 4 atom stereocenters. The van der Waals surface area contributed by atoms with E-state index in [4.69, 9.17) is 5.73 Å². The minimum Gasteiger partial charge on any atom is -0.364 e. The first kappa shape index (κ1) is 21.0. The molecule has 1 aliphatic heterocycles. The molecule has 8 nitrogen and oxygen atoms in total. The summed E-state index contributed by atoms with van der Waals surface area (Å²) >= 11 is 0. The van der Waals surface area contributed by atoms with Crippen molar-refractivity contribution in [2.75, 3.05) is 0 Å². The lowest BCUT2D eigenvalue weighted by Crippen LogP contribution is -2.46. The van der Waals surface area contributed by atoms with Crippen molar-refractivity contribution in [3.63, 3.8) is 0 Å². The van der Waals surface area contributed by atoms with Gasteiger partial charge in [-0.05, 0) is 37.7 Å². The molecular weight excluding hydrogens is 420 g/mol. The molecule has 1 unspecified atom stereocenters. The molecule has 1 saturated heterocycles. The second-order valence-electron chi connectivity index (χ2n) is 9.25. The third-order valence-corrected chi connectivity index (χ3v) is 7.19. The molecule has 2 aromatic rings. The van der Waals surface area contributed by atoms with Crippen LogP contribution in [0.5, 0.6) is 0 Å². The number of hydrogen-bond donors (Lipinski definition) is 1. The molecule has 0 spiro atoms. The van der Waals surface area contributed by atoms with Crippen LogP contribution in [0.2, 0.25) is 0 Å². The third-order valence-electron chi connectivity index (χ3n) is 7.19. The summed E-state index contributed by atoms with van der Waals surface area (Å²) in [5.74, 6) is -4.82. The SMILES string of the molecule is NC(=O)c1nn(CC(=O)N2[C@@H]3C[C@@H]3C[C@H]2C(=O)CC2CCCCC2(F)F)c2cnccc12. The molecule has 0 aromatic carbocycles. The van der Waals surface area contributed by atoms with Crippen LogP contribution in [0, 0.1) is 11.8 Å². The van der Waals surface area contributed by atoms with E-state index in [0.29, 0.717) is 36.6 Å². The Balaban J connectivity index is 1.35. The van der Waals surface area contributed by atoms with Gasteiger partial charge in [0.25, 0.3) is 11.8 Å². The molecule has 0 bridgehead atoms. The molecule has 32 heavy (non-hydrogen) atoms. The van der Waals surface area contributed by atoms with E-state index in [0.717, 1.165) is 6.42 Å². The number of likely N-dealkylation sites (tertiary alicyclic amines) is 1. The van der Waals surface area contributed by atoms with Crippen molar-refractivity contribution in [3.05, 3.63) is 24.2 Å². The zero-order valence-electron chi connectivity index (χ0n) is 17.5. The number of nitrogens with zero attached hydrogens (tertiary/aromatic N) is 4. The number of hydrogen-bond acceptors (Lipinski definition) is 5. The highest BCUT2D eigenvalue weighted by Gasteiger charge is 2.56. The number of fused-ring (bicyclic) bond motifs is 2. The molecular formula is C22H25F2N5O3. The summed E-state index contributed by atoms with van der Waals surface area (Å²) in [6.45, 7) is -0.179. The number of carbonyl (C=O) groups excluding carboxylic acids is 3. The predicted molar refractivity (Wildman–Crippen MR) is 110 cm³/mol. The third kappa shape index (κ3) is 3.55. The molecule has 2 aromatic heterocycles. The number of halogens is 2. The standard InChI is InChI=1S/C22H25F2N5O3/c23-22(24)5-2-1-3-13(22)9-18(30)16-8-12-7-15(12)29(16)19(31)11-28-17-10-26-6-4-14(17)20(27-28)21(25)32/h4,6,10,12-13,15-16H,1-3,5,7-9,11H2,(H2,25,32)/t12-,13?,15-,16+/m1/s1. The van der Waals surface area contributed by atoms with Crippen molar-refractivity contribution in [1.82, 2.24) is 19.7 Å². The average molecular weight is 445 g/mol. The van der Waals surface area contributed by atoms with Crippen molar-refractivity contribution >= 4 is 28.5 Å². The number of carbonyl (C=O) groups is 3. The maximum absolute atomic E-state index is 14.3.